The average molecular weight is 324 g/mol. The second kappa shape index (κ2) is 5.01. The van der Waals surface area contributed by atoms with Crippen LogP contribution < -0.4 is 11.5 Å². The van der Waals surface area contributed by atoms with Gasteiger partial charge in [0.05, 0.1) is 11.4 Å². The normalized spacial score (nSPS) is 11.2. The Morgan fingerprint density at radius 3 is 2.71 bits per heavy atom. The fourth-order valence-electron chi connectivity index (χ4n) is 2.67. The third kappa shape index (κ3) is 2.06. The van der Waals surface area contributed by atoms with E-state index in [1.165, 1.54) is 0 Å². The first-order valence-electron chi connectivity index (χ1n) is 7.12. The predicted molar refractivity (Wildman–Crippen MR) is 87.3 cm³/mol. The van der Waals surface area contributed by atoms with Crippen molar-refractivity contribution < 1.29 is 4.39 Å². The van der Waals surface area contributed by atoms with Gasteiger partial charge in [-0.25, -0.2) is 19.3 Å². The molecule has 0 bridgehead atoms. The molecule has 0 aromatic carbocycles. The zero-order chi connectivity index (χ0) is 16.8. The maximum absolute atomic E-state index is 14.9. The van der Waals surface area contributed by atoms with E-state index in [9.17, 15) is 4.39 Å². The second-order valence-electron chi connectivity index (χ2n) is 5.28. The molecule has 4 aromatic rings. The van der Waals surface area contributed by atoms with Gasteiger partial charge in [-0.3, -0.25) is 9.50 Å². The highest BCUT2D eigenvalue weighted by molar-refractivity contribution is 5.76. The minimum absolute atomic E-state index is 0.101. The number of nitrogen functional groups attached to an aromatic ring is 2. The molecular formula is C15H13FN8. The Bertz CT molecular complexity index is 1030. The standard InChI is InChI=1S/C15H13FN8/c1-7-20-10(6-11(17)21-7)13-14(18)22-15-12(16)8(3-5-24(13)15)9-2-4-19-23-9/h2-6H,18H2,1H3,(H,19,23)(H2,17,20,21). The van der Waals surface area contributed by atoms with E-state index in [2.05, 4.69) is 25.1 Å². The van der Waals surface area contributed by atoms with Gasteiger partial charge in [0.15, 0.2) is 17.3 Å². The molecule has 0 aliphatic rings. The number of aromatic nitrogens is 6. The summed E-state index contributed by atoms with van der Waals surface area (Å²) in [5.41, 5.74) is 13.7. The molecule has 0 fully saturated rings. The SMILES string of the molecule is Cc1nc(N)cc(-c2c(N)nc3c(F)c(-c4ccn[nH]4)ccn23)n1. The zero-order valence-corrected chi connectivity index (χ0v) is 12.7. The topological polar surface area (TPSA) is 124 Å². The largest absolute Gasteiger partial charge is 0.384 e. The first-order valence-corrected chi connectivity index (χ1v) is 7.12. The van der Waals surface area contributed by atoms with Crippen molar-refractivity contribution in [3.05, 3.63) is 42.2 Å². The van der Waals surface area contributed by atoms with Crippen LogP contribution in [-0.2, 0) is 0 Å². The van der Waals surface area contributed by atoms with Crippen LogP contribution in [0.5, 0.6) is 0 Å². The van der Waals surface area contributed by atoms with Gasteiger partial charge in [0, 0.05) is 24.0 Å². The Labute approximate surface area is 135 Å². The van der Waals surface area contributed by atoms with E-state index in [4.69, 9.17) is 11.5 Å². The van der Waals surface area contributed by atoms with Gasteiger partial charge in [-0.2, -0.15) is 5.10 Å². The van der Waals surface area contributed by atoms with Crippen LogP contribution in [0.4, 0.5) is 16.0 Å². The summed E-state index contributed by atoms with van der Waals surface area (Å²) < 4.78 is 16.4. The van der Waals surface area contributed by atoms with Gasteiger partial charge < -0.3 is 11.5 Å². The number of nitrogens with one attached hydrogen (secondary N) is 1. The fraction of sp³-hybridized carbons (Fsp3) is 0.0667. The molecule has 0 aliphatic heterocycles. The smallest absolute Gasteiger partial charge is 0.176 e. The third-order valence-corrected chi connectivity index (χ3v) is 3.65. The highest BCUT2D eigenvalue weighted by atomic mass is 19.1. The van der Waals surface area contributed by atoms with Gasteiger partial charge in [0.2, 0.25) is 0 Å². The lowest BCUT2D eigenvalue weighted by atomic mass is 10.2. The van der Waals surface area contributed by atoms with E-state index in [1.807, 2.05) is 0 Å². The Hall–Kier alpha value is -3.49. The van der Waals surface area contributed by atoms with E-state index in [0.29, 0.717) is 34.3 Å². The van der Waals surface area contributed by atoms with Crippen LogP contribution in [0.25, 0.3) is 28.3 Å². The van der Waals surface area contributed by atoms with E-state index < -0.39 is 5.82 Å². The quantitative estimate of drug-likeness (QED) is 0.516. The molecule has 0 atom stereocenters. The van der Waals surface area contributed by atoms with Crippen molar-refractivity contribution in [2.45, 2.75) is 6.92 Å². The fourth-order valence-corrected chi connectivity index (χ4v) is 2.67. The number of pyridine rings is 1. The van der Waals surface area contributed by atoms with Crippen molar-refractivity contribution in [3.63, 3.8) is 0 Å². The molecule has 4 rings (SSSR count). The summed E-state index contributed by atoms with van der Waals surface area (Å²) >= 11 is 0. The molecule has 120 valence electrons. The minimum Gasteiger partial charge on any atom is -0.384 e. The van der Waals surface area contributed by atoms with Crippen LogP contribution >= 0.6 is 0 Å². The number of nitrogens with two attached hydrogens (primary N) is 2. The third-order valence-electron chi connectivity index (χ3n) is 3.65. The van der Waals surface area contributed by atoms with E-state index in [1.54, 1.807) is 41.9 Å². The first-order chi connectivity index (χ1) is 11.5. The number of hydrogen-bond donors (Lipinski definition) is 3. The highest BCUT2D eigenvalue weighted by Gasteiger charge is 2.19. The molecule has 0 amide bonds. The Balaban J connectivity index is 1.98. The van der Waals surface area contributed by atoms with Crippen LogP contribution in [0.15, 0.2) is 30.6 Å². The van der Waals surface area contributed by atoms with Gasteiger partial charge in [0.25, 0.3) is 0 Å². The number of aromatic amines is 1. The monoisotopic (exact) mass is 324 g/mol. The number of nitrogens with zero attached hydrogens (tertiary/aromatic N) is 5. The minimum atomic E-state index is -0.501. The molecule has 5 N–H and O–H groups in total. The number of halogens is 1. The Morgan fingerprint density at radius 2 is 2.00 bits per heavy atom. The Morgan fingerprint density at radius 1 is 1.17 bits per heavy atom. The van der Waals surface area contributed by atoms with Crippen molar-refractivity contribution in [3.8, 4) is 22.6 Å². The van der Waals surface area contributed by atoms with Gasteiger partial charge in [0.1, 0.15) is 17.3 Å². The molecule has 0 saturated heterocycles. The average Bonchev–Trinajstić information content (AvgIpc) is 3.14. The number of anilines is 2. The van der Waals surface area contributed by atoms with Crippen LogP contribution in [0.3, 0.4) is 0 Å². The van der Waals surface area contributed by atoms with E-state index in [-0.39, 0.29) is 11.5 Å². The molecule has 0 radical (unpaired) electrons. The molecular weight excluding hydrogens is 311 g/mol. The highest BCUT2D eigenvalue weighted by Crippen LogP contribution is 2.30. The summed E-state index contributed by atoms with van der Waals surface area (Å²) in [7, 11) is 0. The van der Waals surface area contributed by atoms with Crippen LogP contribution in [0.2, 0.25) is 0 Å². The van der Waals surface area contributed by atoms with Gasteiger partial charge >= 0.3 is 0 Å². The van der Waals surface area contributed by atoms with Crippen molar-refractivity contribution in [2.24, 2.45) is 0 Å². The summed E-state index contributed by atoms with van der Waals surface area (Å²) in [5, 5.41) is 6.57. The lowest BCUT2D eigenvalue weighted by Gasteiger charge is -2.06. The van der Waals surface area contributed by atoms with E-state index in [0.717, 1.165) is 0 Å². The maximum atomic E-state index is 14.9. The maximum Gasteiger partial charge on any atom is 0.176 e. The molecule has 8 nitrogen and oxygen atoms in total. The van der Waals surface area contributed by atoms with Crippen LogP contribution in [0.1, 0.15) is 5.82 Å². The van der Waals surface area contributed by atoms with Gasteiger partial charge in [-0.05, 0) is 19.1 Å². The van der Waals surface area contributed by atoms with Crippen molar-refractivity contribution >= 4 is 17.3 Å². The second-order valence-corrected chi connectivity index (χ2v) is 5.28. The number of imidazole rings is 1. The summed E-state index contributed by atoms with van der Waals surface area (Å²) in [4.78, 5) is 12.5. The number of hydrogen-bond acceptors (Lipinski definition) is 6. The van der Waals surface area contributed by atoms with Gasteiger partial charge in [-0.1, -0.05) is 0 Å². The van der Waals surface area contributed by atoms with Crippen molar-refractivity contribution in [1.29, 1.82) is 0 Å². The van der Waals surface area contributed by atoms with Crippen LogP contribution in [0, 0.1) is 12.7 Å². The lowest BCUT2D eigenvalue weighted by Crippen LogP contribution is -2.01. The summed E-state index contributed by atoms with van der Waals surface area (Å²) in [6, 6.07) is 4.88. The molecule has 0 unspecified atom stereocenters. The molecule has 0 saturated carbocycles. The van der Waals surface area contributed by atoms with Gasteiger partial charge in [-0.15, -0.1) is 0 Å². The first kappa shape index (κ1) is 14.1. The summed E-state index contributed by atoms with van der Waals surface area (Å²) in [6.45, 7) is 1.72. The Kier molecular flexibility index (Phi) is 2.95. The molecule has 4 aromatic heterocycles. The van der Waals surface area contributed by atoms with Crippen LogP contribution in [-0.4, -0.2) is 29.5 Å². The predicted octanol–water partition coefficient (Wildman–Crippen LogP) is 1.79. The molecule has 0 aliphatic carbocycles. The molecule has 4 heterocycles. The summed E-state index contributed by atoms with van der Waals surface area (Å²) in [6.07, 6.45) is 3.23. The molecule has 9 heteroatoms. The summed E-state index contributed by atoms with van der Waals surface area (Å²) in [5.74, 6) is 0.460. The van der Waals surface area contributed by atoms with Crippen molar-refractivity contribution in [1.82, 2.24) is 29.5 Å². The van der Waals surface area contributed by atoms with Crippen molar-refractivity contribution in [2.75, 3.05) is 11.5 Å². The number of aryl methyl sites for hydroxylation is 1. The number of fused-ring (bicyclic) bond motifs is 1. The number of rotatable bonds is 2. The number of H-pyrrole nitrogens is 1. The molecule has 0 spiro atoms. The zero-order valence-electron chi connectivity index (χ0n) is 12.7. The molecule has 24 heavy (non-hydrogen) atoms. The lowest BCUT2D eigenvalue weighted by molar-refractivity contribution is 0.633. The van der Waals surface area contributed by atoms with E-state index >= 15 is 0 Å².